The van der Waals surface area contributed by atoms with Gasteiger partial charge in [-0.25, -0.2) is 4.98 Å². The van der Waals surface area contributed by atoms with Crippen LogP contribution in [0.1, 0.15) is 46.9 Å². The van der Waals surface area contributed by atoms with E-state index >= 15 is 0 Å². The van der Waals surface area contributed by atoms with Crippen LogP contribution in [0, 0.1) is 0 Å². The van der Waals surface area contributed by atoms with Crippen LogP contribution in [0.5, 0.6) is 0 Å². The summed E-state index contributed by atoms with van der Waals surface area (Å²) < 4.78 is 1.06. The highest BCUT2D eigenvalue weighted by Gasteiger charge is 2.29. The number of nitrogens with one attached hydrogen (secondary N) is 1. The molecule has 0 aliphatic heterocycles. The zero-order chi connectivity index (χ0) is 18.1. The van der Waals surface area contributed by atoms with Crippen LogP contribution < -0.4 is 11.1 Å². The van der Waals surface area contributed by atoms with E-state index in [-0.39, 0.29) is 12.6 Å². The predicted octanol–water partition coefficient (Wildman–Crippen LogP) is 5.10. The monoisotopic (exact) mass is 407 g/mol. The number of hydrogen-bond acceptors (Lipinski definition) is 6. The molecule has 0 bridgehead atoms. The molecule has 4 nitrogen and oxygen atoms in total. The molecule has 3 aromatic heterocycles. The lowest BCUT2D eigenvalue weighted by atomic mass is 9.83. The number of aliphatic hydroxyl groups is 1. The molecule has 1 aliphatic carbocycles. The first-order valence-corrected chi connectivity index (χ1v) is 11.0. The third kappa shape index (κ3) is 3.49. The Morgan fingerprint density at radius 2 is 2.19 bits per heavy atom. The summed E-state index contributed by atoms with van der Waals surface area (Å²) in [5.41, 5.74) is 9.10. The van der Waals surface area contributed by atoms with E-state index in [0.717, 1.165) is 40.9 Å². The highest BCUT2D eigenvalue weighted by molar-refractivity contribution is 7.20. The molecule has 4 rings (SSSR count). The third-order valence-electron chi connectivity index (χ3n) is 5.08. The van der Waals surface area contributed by atoms with Crippen molar-refractivity contribution in [3.8, 4) is 0 Å². The maximum absolute atomic E-state index is 10.0. The molecule has 4 N–H and O–H groups in total. The van der Waals surface area contributed by atoms with Gasteiger partial charge in [-0.15, -0.1) is 22.7 Å². The molecule has 0 amide bonds. The van der Waals surface area contributed by atoms with Crippen molar-refractivity contribution in [3.05, 3.63) is 44.1 Å². The van der Waals surface area contributed by atoms with Crippen LogP contribution in [0.2, 0.25) is 5.15 Å². The predicted molar refractivity (Wildman–Crippen MR) is 111 cm³/mol. The Bertz CT molecular complexity index is 894. The van der Waals surface area contributed by atoms with E-state index in [4.69, 9.17) is 17.3 Å². The first-order valence-electron chi connectivity index (χ1n) is 8.92. The first kappa shape index (κ1) is 18.2. The SMILES string of the molecule is N[C@@H]1CCCC[C@H]1c1sc2c(NCc3cccs3)cc(Cl)nc2c1CO. The van der Waals surface area contributed by atoms with Gasteiger partial charge in [0.05, 0.1) is 22.5 Å². The smallest absolute Gasteiger partial charge is 0.131 e. The Hall–Kier alpha value is -1.18. The summed E-state index contributed by atoms with van der Waals surface area (Å²) in [6.45, 7) is 0.716. The lowest BCUT2D eigenvalue weighted by Gasteiger charge is -2.28. The molecule has 2 atom stereocenters. The Balaban J connectivity index is 1.75. The first-order chi connectivity index (χ1) is 12.7. The lowest BCUT2D eigenvalue weighted by molar-refractivity contribution is 0.280. The van der Waals surface area contributed by atoms with Crippen LogP contribution in [0.4, 0.5) is 5.69 Å². The van der Waals surface area contributed by atoms with Crippen molar-refractivity contribution in [1.82, 2.24) is 4.98 Å². The van der Waals surface area contributed by atoms with Gasteiger partial charge in [0.2, 0.25) is 0 Å². The second-order valence-electron chi connectivity index (χ2n) is 6.76. The van der Waals surface area contributed by atoms with E-state index in [1.165, 1.54) is 22.6 Å². The van der Waals surface area contributed by atoms with Crippen molar-refractivity contribution in [1.29, 1.82) is 0 Å². The number of nitrogens with zero attached hydrogens (tertiary/aromatic N) is 1. The molecule has 1 aliphatic rings. The summed E-state index contributed by atoms with van der Waals surface area (Å²) in [4.78, 5) is 6.98. The Labute approximate surface area is 166 Å². The van der Waals surface area contributed by atoms with Crippen molar-refractivity contribution >= 4 is 50.2 Å². The number of halogens is 1. The third-order valence-corrected chi connectivity index (χ3v) is 7.54. The maximum atomic E-state index is 10.0. The summed E-state index contributed by atoms with van der Waals surface area (Å²) >= 11 is 9.72. The van der Waals surface area contributed by atoms with E-state index in [1.54, 1.807) is 22.7 Å². The van der Waals surface area contributed by atoms with E-state index in [0.29, 0.717) is 11.1 Å². The van der Waals surface area contributed by atoms with Gasteiger partial charge in [0.15, 0.2) is 0 Å². The van der Waals surface area contributed by atoms with E-state index in [1.807, 2.05) is 12.1 Å². The minimum atomic E-state index is -0.0315. The largest absolute Gasteiger partial charge is 0.392 e. The molecule has 0 saturated heterocycles. The van der Waals surface area contributed by atoms with Gasteiger partial charge in [0, 0.05) is 39.9 Å². The Kier molecular flexibility index (Phi) is 5.47. The van der Waals surface area contributed by atoms with Gasteiger partial charge in [0.1, 0.15) is 5.15 Å². The van der Waals surface area contributed by atoms with Crippen molar-refractivity contribution < 1.29 is 5.11 Å². The average molecular weight is 408 g/mol. The van der Waals surface area contributed by atoms with Crippen molar-refractivity contribution in [2.24, 2.45) is 5.73 Å². The van der Waals surface area contributed by atoms with Gasteiger partial charge in [-0.2, -0.15) is 0 Å². The van der Waals surface area contributed by atoms with Crippen LogP contribution >= 0.6 is 34.3 Å². The standard InChI is InChI=1S/C19H22ClN3OS2/c20-16-8-15(22-9-11-4-3-7-25-11)19-17(23-16)13(10-24)18(26-19)12-5-1-2-6-14(12)21/h3-4,7-8,12,14,24H,1-2,5-6,9-10,21H2,(H,22,23)/t12-,14-/m1/s1. The van der Waals surface area contributed by atoms with E-state index < -0.39 is 0 Å². The van der Waals surface area contributed by atoms with Gasteiger partial charge in [-0.1, -0.05) is 30.5 Å². The molecule has 26 heavy (non-hydrogen) atoms. The number of hydrogen-bond donors (Lipinski definition) is 3. The zero-order valence-corrected chi connectivity index (χ0v) is 16.8. The normalized spacial score (nSPS) is 20.6. The second kappa shape index (κ2) is 7.82. The van der Waals surface area contributed by atoms with Gasteiger partial charge in [-0.3, -0.25) is 0 Å². The van der Waals surface area contributed by atoms with Crippen LogP contribution in [0.3, 0.4) is 0 Å². The topological polar surface area (TPSA) is 71.2 Å². The number of aliphatic hydroxyl groups excluding tert-OH is 1. The molecule has 0 radical (unpaired) electrons. The van der Waals surface area contributed by atoms with E-state index in [2.05, 4.69) is 21.7 Å². The quantitative estimate of drug-likeness (QED) is 0.514. The summed E-state index contributed by atoms with van der Waals surface area (Å²) in [5, 5.41) is 16.1. The number of aromatic nitrogens is 1. The highest BCUT2D eigenvalue weighted by atomic mass is 35.5. The molecular weight excluding hydrogens is 386 g/mol. The number of nitrogens with two attached hydrogens (primary N) is 1. The van der Waals surface area contributed by atoms with Crippen LogP contribution in [0.15, 0.2) is 23.6 Å². The van der Waals surface area contributed by atoms with Gasteiger partial charge < -0.3 is 16.2 Å². The Morgan fingerprint density at radius 3 is 2.92 bits per heavy atom. The number of anilines is 1. The van der Waals surface area contributed by atoms with Crippen LogP contribution in [0.25, 0.3) is 10.2 Å². The molecular formula is C19H22ClN3OS2. The van der Waals surface area contributed by atoms with Crippen LogP contribution in [-0.2, 0) is 13.2 Å². The van der Waals surface area contributed by atoms with Crippen molar-refractivity contribution in [3.63, 3.8) is 0 Å². The van der Waals surface area contributed by atoms with Gasteiger partial charge >= 0.3 is 0 Å². The van der Waals surface area contributed by atoms with Gasteiger partial charge in [0.25, 0.3) is 0 Å². The molecule has 0 spiro atoms. The maximum Gasteiger partial charge on any atom is 0.131 e. The second-order valence-corrected chi connectivity index (χ2v) is 9.23. The summed E-state index contributed by atoms with van der Waals surface area (Å²) in [5.74, 6) is 0.300. The molecule has 7 heteroatoms. The average Bonchev–Trinajstić information content (AvgIpc) is 3.27. The molecule has 1 saturated carbocycles. The molecule has 0 unspecified atom stereocenters. The molecule has 0 aromatic carbocycles. The highest BCUT2D eigenvalue weighted by Crippen LogP contribution is 2.44. The zero-order valence-electron chi connectivity index (χ0n) is 14.4. The number of pyridine rings is 1. The molecule has 1 fully saturated rings. The summed E-state index contributed by atoms with van der Waals surface area (Å²) in [6.07, 6.45) is 4.50. The van der Waals surface area contributed by atoms with E-state index in [9.17, 15) is 5.11 Å². The number of rotatable bonds is 5. The lowest BCUT2D eigenvalue weighted by Crippen LogP contribution is -2.31. The van der Waals surface area contributed by atoms with Gasteiger partial charge in [-0.05, 0) is 24.3 Å². The molecule has 3 heterocycles. The number of fused-ring (bicyclic) bond motifs is 1. The minimum Gasteiger partial charge on any atom is -0.392 e. The fraction of sp³-hybridized carbons (Fsp3) is 0.421. The molecule has 3 aromatic rings. The summed E-state index contributed by atoms with van der Waals surface area (Å²) in [7, 11) is 0. The minimum absolute atomic E-state index is 0.0315. The Morgan fingerprint density at radius 1 is 1.35 bits per heavy atom. The summed E-state index contributed by atoms with van der Waals surface area (Å²) in [6, 6.07) is 6.19. The fourth-order valence-electron chi connectivity index (χ4n) is 3.76. The fourth-order valence-corrected chi connectivity index (χ4v) is 6.06. The number of thiophene rings is 2. The van der Waals surface area contributed by atoms with Crippen molar-refractivity contribution in [2.75, 3.05) is 5.32 Å². The molecule has 138 valence electrons. The van der Waals surface area contributed by atoms with Crippen molar-refractivity contribution in [2.45, 2.75) is 50.8 Å². The van der Waals surface area contributed by atoms with Crippen LogP contribution in [-0.4, -0.2) is 16.1 Å².